The van der Waals surface area contributed by atoms with Gasteiger partial charge < -0.3 is 17.2 Å². The van der Waals surface area contributed by atoms with Crippen LogP contribution in [0, 0.1) is 10.1 Å². The van der Waals surface area contributed by atoms with E-state index in [1.54, 1.807) is 0 Å². The minimum Gasteiger partial charge on any atom is -0.397 e. The summed E-state index contributed by atoms with van der Waals surface area (Å²) < 4.78 is 0. The molecule has 1 rings (SSSR count). The van der Waals surface area contributed by atoms with Gasteiger partial charge in [-0.15, -0.1) is 0 Å². The first kappa shape index (κ1) is 8.12. The first-order valence-electron chi connectivity index (χ1n) is 3.12. The van der Waals surface area contributed by atoms with Gasteiger partial charge in [0, 0.05) is 0 Å². The van der Waals surface area contributed by atoms with Crippen LogP contribution in [-0.4, -0.2) is 4.92 Å². The van der Waals surface area contributed by atoms with Crippen molar-refractivity contribution in [1.29, 1.82) is 0 Å². The lowest BCUT2D eigenvalue weighted by atomic mass is 10.2. The molecule has 1 aromatic carbocycles. The molecule has 0 saturated heterocycles. The molecule has 12 heavy (non-hydrogen) atoms. The van der Waals surface area contributed by atoms with Crippen LogP contribution in [0.4, 0.5) is 22.7 Å². The average molecular weight is 168 g/mol. The van der Waals surface area contributed by atoms with Crippen LogP contribution < -0.4 is 17.2 Å². The summed E-state index contributed by atoms with van der Waals surface area (Å²) in [5.74, 6) is 0. The van der Waals surface area contributed by atoms with Gasteiger partial charge in [0.2, 0.25) is 0 Å². The summed E-state index contributed by atoms with van der Waals surface area (Å²) in [6.07, 6.45) is 0. The van der Waals surface area contributed by atoms with E-state index >= 15 is 0 Å². The maximum Gasteiger partial charge on any atom is 0.316 e. The molecule has 0 unspecified atom stereocenters. The minimum atomic E-state index is -0.652. The quantitative estimate of drug-likeness (QED) is 0.317. The highest BCUT2D eigenvalue weighted by atomic mass is 16.6. The van der Waals surface area contributed by atoms with Crippen molar-refractivity contribution in [3.63, 3.8) is 0 Å². The van der Waals surface area contributed by atoms with Crippen LogP contribution in [0.2, 0.25) is 0 Å². The van der Waals surface area contributed by atoms with Gasteiger partial charge >= 0.3 is 5.69 Å². The molecule has 64 valence electrons. The summed E-state index contributed by atoms with van der Waals surface area (Å²) in [7, 11) is 0. The fraction of sp³-hybridized carbons (Fsp3) is 0. The van der Waals surface area contributed by atoms with Crippen LogP contribution in [0.5, 0.6) is 0 Å². The number of benzene rings is 1. The Labute approximate surface area is 68.1 Å². The third-order valence-corrected chi connectivity index (χ3v) is 1.46. The highest BCUT2D eigenvalue weighted by Gasteiger charge is 2.17. The molecule has 0 aromatic heterocycles. The zero-order chi connectivity index (χ0) is 9.30. The van der Waals surface area contributed by atoms with Crippen LogP contribution >= 0.6 is 0 Å². The summed E-state index contributed by atoms with van der Waals surface area (Å²) in [4.78, 5) is 9.73. The van der Waals surface area contributed by atoms with Gasteiger partial charge in [-0.1, -0.05) is 0 Å². The summed E-state index contributed by atoms with van der Waals surface area (Å²) in [6, 6.07) is 2.78. The molecule has 0 atom stereocenters. The predicted octanol–water partition coefficient (Wildman–Crippen LogP) is 0.341. The van der Waals surface area contributed by atoms with Crippen LogP contribution in [-0.2, 0) is 0 Å². The van der Waals surface area contributed by atoms with Gasteiger partial charge in [-0.2, -0.15) is 0 Å². The molecule has 0 aliphatic rings. The summed E-state index contributed by atoms with van der Waals surface area (Å²) >= 11 is 0. The molecule has 6 N–H and O–H groups in total. The highest BCUT2D eigenvalue weighted by molar-refractivity contribution is 5.82. The Hall–Kier alpha value is -1.98. The smallest absolute Gasteiger partial charge is 0.316 e. The second-order valence-electron chi connectivity index (χ2n) is 2.26. The van der Waals surface area contributed by atoms with Crippen molar-refractivity contribution >= 4 is 22.7 Å². The van der Waals surface area contributed by atoms with Crippen molar-refractivity contribution in [1.82, 2.24) is 0 Å². The molecule has 0 radical (unpaired) electrons. The van der Waals surface area contributed by atoms with Crippen molar-refractivity contribution in [3.8, 4) is 0 Å². The third kappa shape index (κ3) is 1.09. The molecule has 6 nitrogen and oxygen atoms in total. The number of nitrogens with two attached hydrogens (primary N) is 3. The lowest BCUT2D eigenvalue weighted by Crippen LogP contribution is -2.03. The normalized spacial score (nSPS) is 9.67. The molecule has 0 heterocycles. The SMILES string of the molecule is Nc1ccc(N)c([N+](=O)[O-])c1N. The Morgan fingerprint density at radius 1 is 1.17 bits per heavy atom. The van der Waals surface area contributed by atoms with Gasteiger partial charge in [0.1, 0.15) is 11.4 Å². The first-order valence-corrected chi connectivity index (χ1v) is 3.12. The van der Waals surface area contributed by atoms with Crippen molar-refractivity contribution in [2.75, 3.05) is 17.2 Å². The maximum atomic E-state index is 10.4. The molecule has 0 aliphatic carbocycles. The van der Waals surface area contributed by atoms with E-state index in [0.717, 1.165) is 0 Å². The standard InChI is InChI=1S/C6H8N4O2/c7-3-1-2-4(8)6(5(3)9)10(11)12/h1-2H,7-9H2. The fourth-order valence-electron chi connectivity index (χ4n) is 0.844. The Morgan fingerprint density at radius 2 is 1.67 bits per heavy atom. The topological polar surface area (TPSA) is 121 Å². The van der Waals surface area contributed by atoms with E-state index in [2.05, 4.69) is 0 Å². The molecule has 1 aromatic rings. The summed E-state index contributed by atoms with van der Waals surface area (Å²) in [5, 5.41) is 10.4. The van der Waals surface area contributed by atoms with Crippen LogP contribution in [0.15, 0.2) is 12.1 Å². The van der Waals surface area contributed by atoms with E-state index in [4.69, 9.17) is 17.2 Å². The number of rotatable bonds is 1. The van der Waals surface area contributed by atoms with Crippen LogP contribution in [0.3, 0.4) is 0 Å². The second-order valence-corrected chi connectivity index (χ2v) is 2.26. The first-order chi connectivity index (χ1) is 5.54. The second kappa shape index (κ2) is 2.57. The number of nitro benzene ring substituents is 1. The molecular formula is C6H8N4O2. The number of nitrogen functional groups attached to an aromatic ring is 3. The Kier molecular flexibility index (Phi) is 1.74. The van der Waals surface area contributed by atoms with Gasteiger partial charge in [-0.3, -0.25) is 10.1 Å². The predicted molar refractivity (Wildman–Crippen MR) is 46.3 cm³/mol. The Bertz CT molecular complexity index is 337. The van der Waals surface area contributed by atoms with E-state index in [-0.39, 0.29) is 22.7 Å². The number of anilines is 3. The van der Waals surface area contributed by atoms with E-state index in [1.165, 1.54) is 12.1 Å². The Balaban J connectivity index is 3.43. The minimum absolute atomic E-state index is 0.0201. The molecule has 0 saturated carbocycles. The molecule has 6 heteroatoms. The van der Waals surface area contributed by atoms with E-state index in [0.29, 0.717) is 0 Å². The lowest BCUT2D eigenvalue weighted by Gasteiger charge is -2.02. The molecule has 0 fully saturated rings. The summed E-state index contributed by atoms with van der Waals surface area (Å²) in [6.45, 7) is 0. The number of nitrogens with zero attached hydrogens (tertiary/aromatic N) is 1. The van der Waals surface area contributed by atoms with Gasteiger partial charge in [0.05, 0.1) is 10.6 Å². The van der Waals surface area contributed by atoms with E-state index < -0.39 is 4.92 Å². The van der Waals surface area contributed by atoms with Crippen molar-refractivity contribution < 1.29 is 4.92 Å². The molecule has 0 spiro atoms. The summed E-state index contributed by atoms with van der Waals surface area (Å²) in [5.41, 5.74) is 15.8. The zero-order valence-electron chi connectivity index (χ0n) is 6.15. The molecule has 0 aliphatic heterocycles. The van der Waals surface area contributed by atoms with Gasteiger partial charge in [0.15, 0.2) is 0 Å². The molecule has 0 amide bonds. The fourth-order valence-corrected chi connectivity index (χ4v) is 0.844. The van der Waals surface area contributed by atoms with Crippen molar-refractivity contribution in [2.45, 2.75) is 0 Å². The van der Waals surface area contributed by atoms with Gasteiger partial charge in [0.25, 0.3) is 0 Å². The largest absolute Gasteiger partial charge is 0.397 e. The zero-order valence-corrected chi connectivity index (χ0v) is 6.15. The monoisotopic (exact) mass is 168 g/mol. The molecular weight excluding hydrogens is 160 g/mol. The van der Waals surface area contributed by atoms with Crippen LogP contribution in [0.1, 0.15) is 0 Å². The lowest BCUT2D eigenvalue weighted by molar-refractivity contribution is -0.382. The number of hydrogen-bond donors (Lipinski definition) is 3. The number of nitro groups is 1. The van der Waals surface area contributed by atoms with E-state index in [1.807, 2.05) is 0 Å². The molecule has 0 bridgehead atoms. The third-order valence-electron chi connectivity index (χ3n) is 1.46. The van der Waals surface area contributed by atoms with Gasteiger partial charge in [-0.25, -0.2) is 0 Å². The average Bonchev–Trinajstić information content (AvgIpc) is 1.97. The van der Waals surface area contributed by atoms with E-state index in [9.17, 15) is 10.1 Å². The van der Waals surface area contributed by atoms with Crippen molar-refractivity contribution in [2.24, 2.45) is 0 Å². The van der Waals surface area contributed by atoms with Gasteiger partial charge in [-0.05, 0) is 12.1 Å². The van der Waals surface area contributed by atoms with Crippen LogP contribution in [0.25, 0.3) is 0 Å². The highest BCUT2D eigenvalue weighted by Crippen LogP contribution is 2.32. The van der Waals surface area contributed by atoms with Crippen molar-refractivity contribution in [3.05, 3.63) is 22.2 Å². The number of hydrogen-bond acceptors (Lipinski definition) is 5. The Morgan fingerprint density at radius 3 is 2.08 bits per heavy atom. The maximum absolute atomic E-state index is 10.4.